The molecule has 1 saturated heterocycles. The summed E-state index contributed by atoms with van der Waals surface area (Å²) in [5.41, 5.74) is 0.611. The van der Waals surface area contributed by atoms with E-state index in [0.29, 0.717) is 18.6 Å². The van der Waals surface area contributed by atoms with Crippen molar-refractivity contribution in [3.63, 3.8) is 0 Å². The van der Waals surface area contributed by atoms with E-state index in [-0.39, 0.29) is 6.04 Å². The number of hydrogen-bond donors (Lipinski definition) is 2. The first-order chi connectivity index (χ1) is 18.2. The monoisotopic (exact) mass is 542 g/mol. The Labute approximate surface area is 228 Å². The highest BCUT2D eigenvalue weighted by Crippen LogP contribution is 2.64. The third kappa shape index (κ3) is 4.28. The van der Waals surface area contributed by atoms with E-state index in [9.17, 15) is 19.5 Å². The van der Waals surface area contributed by atoms with Crippen molar-refractivity contribution < 1.29 is 38.4 Å². The van der Waals surface area contributed by atoms with Gasteiger partial charge >= 0.3 is 18.0 Å². The van der Waals surface area contributed by atoms with Gasteiger partial charge in [-0.05, 0) is 85.2 Å². The van der Waals surface area contributed by atoms with Crippen molar-refractivity contribution in [3.8, 4) is 5.75 Å². The van der Waals surface area contributed by atoms with Crippen molar-refractivity contribution >= 4 is 18.0 Å². The van der Waals surface area contributed by atoms with Gasteiger partial charge in [-0.3, -0.25) is 0 Å². The minimum absolute atomic E-state index is 0.0918. The maximum Gasteiger partial charge on any atom is 0.408 e. The Hall–Kier alpha value is -3.11. The number of esters is 2. The van der Waals surface area contributed by atoms with E-state index in [0.717, 1.165) is 35.4 Å². The largest absolute Gasteiger partial charge is 0.481 e. The van der Waals surface area contributed by atoms with Crippen LogP contribution in [-0.4, -0.2) is 77.1 Å². The Morgan fingerprint density at radius 2 is 1.92 bits per heavy atom. The van der Waals surface area contributed by atoms with Gasteiger partial charge in [0.05, 0.1) is 11.0 Å². The number of rotatable bonds is 5. The number of aliphatic hydroxyl groups is 1. The molecule has 212 valence electrons. The Kier molecular flexibility index (Phi) is 6.50. The van der Waals surface area contributed by atoms with Crippen LogP contribution in [0.2, 0.25) is 0 Å². The number of likely N-dealkylation sites (tertiary alicyclic amines) is 1. The van der Waals surface area contributed by atoms with Crippen LogP contribution in [0.4, 0.5) is 4.79 Å². The molecule has 1 aromatic rings. The van der Waals surface area contributed by atoms with Crippen LogP contribution in [0.15, 0.2) is 24.0 Å². The van der Waals surface area contributed by atoms with Gasteiger partial charge in [0, 0.05) is 18.0 Å². The fraction of sp³-hybridized carbons (Fsp3) is 0.621. The number of aryl methyl sites for hydroxylation is 1. The van der Waals surface area contributed by atoms with Crippen LogP contribution in [0.5, 0.6) is 5.75 Å². The highest BCUT2D eigenvalue weighted by Gasteiger charge is 2.71. The third-order valence-corrected chi connectivity index (χ3v) is 8.50. The number of nitrogens with zero attached hydrogens (tertiary/aromatic N) is 1. The summed E-state index contributed by atoms with van der Waals surface area (Å²) in [6, 6.07) is 3.02. The van der Waals surface area contributed by atoms with E-state index in [2.05, 4.69) is 16.3 Å². The fourth-order valence-electron chi connectivity index (χ4n) is 6.65. The number of likely N-dealkylation sites (N-methyl/N-ethyl adjacent to an activating group) is 1. The first kappa shape index (κ1) is 27.5. The summed E-state index contributed by atoms with van der Waals surface area (Å²) in [6.07, 6.45) is 0.733. The first-order valence-electron chi connectivity index (χ1n) is 13.5. The molecule has 2 heterocycles. The van der Waals surface area contributed by atoms with E-state index in [1.54, 1.807) is 26.8 Å². The minimum Gasteiger partial charge on any atom is -0.481 e. The van der Waals surface area contributed by atoms with Gasteiger partial charge in [-0.1, -0.05) is 12.1 Å². The Morgan fingerprint density at radius 1 is 1.21 bits per heavy atom. The summed E-state index contributed by atoms with van der Waals surface area (Å²) in [4.78, 5) is 39.8. The summed E-state index contributed by atoms with van der Waals surface area (Å²) >= 11 is 0. The zero-order valence-corrected chi connectivity index (χ0v) is 23.6. The van der Waals surface area contributed by atoms with Crippen LogP contribution in [0.1, 0.15) is 64.2 Å². The van der Waals surface area contributed by atoms with Crippen molar-refractivity contribution in [1.82, 2.24) is 10.2 Å². The second kappa shape index (κ2) is 9.23. The minimum atomic E-state index is -1.24. The van der Waals surface area contributed by atoms with Gasteiger partial charge in [-0.25, -0.2) is 14.4 Å². The highest BCUT2D eigenvalue weighted by molar-refractivity contribution is 5.84. The van der Waals surface area contributed by atoms with Gasteiger partial charge in [-0.2, -0.15) is 0 Å². The third-order valence-electron chi connectivity index (χ3n) is 8.50. The topological polar surface area (TPSA) is 124 Å². The summed E-state index contributed by atoms with van der Waals surface area (Å²) in [5, 5.41) is 14.6. The number of amides is 1. The van der Waals surface area contributed by atoms with Crippen LogP contribution in [-0.2, 0) is 35.6 Å². The van der Waals surface area contributed by atoms with Crippen molar-refractivity contribution in [2.75, 3.05) is 13.6 Å². The fourth-order valence-corrected chi connectivity index (χ4v) is 6.65. The molecular weight excluding hydrogens is 504 g/mol. The maximum atomic E-state index is 13.1. The quantitative estimate of drug-likeness (QED) is 0.427. The smallest absolute Gasteiger partial charge is 0.408 e. The predicted octanol–water partition coefficient (Wildman–Crippen LogP) is 2.66. The number of hydrogen-bond acceptors (Lipinski definition) is 9. The van der Waals surface area contributed by atoms with Crippen LogP contribution >= 0.6 is 0 Å². The molecule has 4 aliphatic rings. The number of nitrogens with one attached hydrogen (secondary N) is 1. The molecule has 0 saturated carbocycles. The van der Waals surface area contributed by atoms with Crippen molar-refractivity contribution in [2.45, 2.75) is 102 Å². The van der Waals surface area contributed by atoms with E-state index < -0.39 is 52.9 Å². The van der Waals surface area contributed by atoms with Gasteiger partial charge in [0.2, 0.25) is 0 Å². The molecule has 1 aromatic carbocycles. The van der Waals surface area contributed by atoms with Gasteiger partial charge in [-0.15, -0.1) is 0 Å². The highest BCUT2D eigenvalue weighted by atomic mass is 16.6. The number of alkyl carbamates (subject to hydrolysis) is 1. The molecule has 2 aliphatic heterocycles. The molecule has 39 heavy (non-hydrogen) atoms. The summed E-state index contributed by atoms with van der Waals surface area (Å²) < 4.78 is 22.8. The number of carbonyl (C=O) groups is 3. The van der Waals surface area contributed by atoms with Crippen LogP contribution in [0.25, 0.3) is 0 Å². The lowest BCUT2D eigenvalue weighted by Crippen LogP contribution is -2.74. The summed E-state index contributed by atoms with van der Waals surface area (Å²) in [6.45, 7) is 10.7. The number of benzene rings is 1. The normalized spacial score (nSPS) is 30.2. The summed E-state index contributed by atoms with van der Waals surface area (Å²) in [5.74, 6) is -0.493. The Balaban J connectivity index is 1.33. The first-order valence-corrected chi connectivity index (χ1v) is 13.5. The number of ether oxygens (including phenoxy) is 4. The molecule has 2 aliphatic carbocycles. The van der Waals surface area contributed by atoms with Crippen LogP contribution in [0.3, 0.4) is 0 Å². The van der Waals surface area contributed by atoms with Gasteiger partial charge in [0.1, 0.15) is 23.2 Å². The molecule has 2 bridgehead atoms. The molecular formula is C29H38N2O8. The Bertz CT molecular complexity index is 1250. The molecule has 1 spiro atoms. The van der Waals surface area contributed by atoms with Gasteiger partial charge in [0.15, 0.2) is 12.2 Å². The van der Waals surface area contributed by atoms with Crippen LogP contribution < -0.4 is 10.1 Å². The molecule has 2 N–H and O–H groups in total. The molecule has 10 nitrogen and oxygen atoms in total. The molecule has 6 atom stereocenters. The summed E-state index contributed by atoms with van der Waals surface area (Å²) in [7, 11) is 2.04. The van der Waals surface area contributed by atoms with Crippen molar-refractivity contribution in [2.24, 2.45) is 0 Å². The predicted molar refractivity (Wildman–Crippen MR) is 140 cm³/mol. The zero-order valence-electron chi connectivity index (χ0n) is 23.6. The lowest BCUT2D eigenvalue weighted by atomic mass is 9.50. The SMILES string of the molecule is Cc1ccc2c3c1O[C@H]1C(OC(=O)[C@H](C)OC(=O)[C@H](C)NC(=O)OC(C)(C)C)=CC[C@@]4(O)[C@@H](C2)N(C)CC[C@]314. The second-order valence-electron chi connectivity index (χ2n) is 12.3. The second-order valence-corrected chi connectivity index (χ2v) is 12.3. The van der Waals surface area contributed by atoms with Crippen LogP contribution in [0, 0.1) is 6.92 Å². The van der Waals surface area contributed by atoms with Crippen molar-refractivity contribution in [1.29, 1.82) is 0 Å². The molecule has 0 radical (unpaired) electrons. The molecule has 1 amide bonds. The van der Waals surface area contributed by atoms with E-state index >= 15 is 0 Å². The molecule has 1 fully saturated rings. The van der Waals surface area contributed by atoms with Gasteiger partial charge in [0.25, 0.3) is 0 Å². The lowest BCUT2D eigenvalue weighted by molar-refractivity contribution is -0.175. The van der Waals surface area contributed by atoms with E-state index in [4.69, 9.17) is 18.9 Å². The number of piperidine rings is 1. The zero-order chi connectivity index (χ0) is 28.5. The van der Waals surface area contributed by atoms with Crippen molar-refractivity contribution in [3.05, 3.63) is 40.7 Å². The average molecular weight is 543 g/mol. The standard InChI is InChI=1S/C29H38N2O8/c1-15-8-9-18-14-20-29(35)11-10-19(23-28(29,12-13-31(20)7)21(18)22(15)38-23)37-25(33)17(3)36-24(32)16(2)30-26(34)39-27(4,5)6/h8-10,16-17,20,23,35H,11-14H2,1-7H3,(H,30,34)/t16-,17-,20+,23-,28-,29+/m0/s1. The number of carbonyl (C=O) groups excluding carboxylic acids is 3. The van der Waals surface area contributed by atoms with Gasteiger partial charge < -0.3 is 34.3 Å². The maximum absolute atomic E-state index is 13.1. The van der Waals surface area contributed by atoms with E-state index in [1.807, 2.05) is 20.0 Å². The molecule has 10 heteroatoms. The van der Waals surface area contributed by atoms with E-state index in [1.165, 1.54) is 13.8 Å². The average Bonchev–Trinajstić information content (AvgIpc) is 3.19. The molecule has 0 aromatic heterocycles. The Morgan fingerprint density at radius 3 is 2.62 bits per heavy atom. The lowest BCUT2D eigenvalue weighted by Gasteiger charge is -2.61. The molecule has 0 unspecified atom stereocenters. The molecule has 5 rings (SSSR count).